The summed E-state index contributed by atoms with van der Waals surface area (Å²) in [5.74, 6) is 0.706. The molecular weight excluding hydrogens is 512 g/mol. The van der Waals surface area contributed by atoms with Gasteiger partial charge in [0.2, 0.25) is 20.8 Å². The van der Waals surface area contributed by atoms with Gasteiger partial charge in [0.25, 0.3) is 0 Å². The smallest absolute Gasteiger partial charge is 0.217 e. The van der Waals surface area contributed by atoms with Crippen LogP contribution in [0.15, 0.2) is 36.4 Å². The van der Waals surface area contributed by atoms with E-state index < -0.39 is 34.0 Å². The van der Waals surface area contributed by atoms with E-state index in [1.807, 2.05) is 12.2 Å². The minimum absolute atomic E-state index is 0.0482. The normalized spacial score (nSPS) is 11.1. The van der Waals surface area contributed by atoms with Crippen molar-refractivity contribution in [3.05, 3.63) is 36.4 Å². The highest BCUT2D eigenvalue weighted by Gasteiger charge is 2.12. The molecule has 0 heterocycles. The van der Waals surface area contributed by atoms with Crippen molar-refractivity contribution < 1.29 is 58.0 Å². The molecule has 0 aliphatic heterocycles. The van der Waals surface area contributed by atoms with Crippen LogP contribution in [0, 0.1) is 25.1 Å². The average molecular weight is 528 g/mol. The van der Waals surface area contributed by atoms with Gasteiger partial charge in [-0.05, 0) is 24.3 Å². The zero-order valence-electron chi connectivity index (χ0n) is 17.6. The molecule has 0 radical (unpaired) electrons. The van der Waals surface area contributed by atoms with Crippen molar-refractivity contribution in [2.75, 3.05) is 26.4 Å². The van der Waals surface area contributed by atoms with Crippen molar-refractivity contribution >= 4 is 20.8 Å². The van der Waals surface area contributed by atoms with Gasteiger partial charge in [-0.2, -0.15) is 0 Å². The second-order valence-corrected chi connectivity index (χ2v) is 8.02. The molecule has 2 rings (SSSR count). The Morgan fingerprint density at radius 2 is 1.06 bits per heavy atom. The van der Waals surface area contributed by atoms with Gasteiger partial charge < -0.3 is 32.8 Å². The van der Waals surface area contributed by atoms with Gasteiger partial charge in [-0.25, -0.2) is 16.8 Å². The molecule has 0 bridgehead atoms. The van der Waals surface area contributed by atoms with Crippen LogP contribution in [0.2, 0.25) is 0 Å². The second kappa shape index (κ2) is 12.7. The van der Waals surface area contributed by atoms with Crippen LogP contribution < -0.4 is 23.7 Å². The first kappa shape index (κ1) is 27.5. The van der Waals surface area contributed by atoms with E-state index in [0.717, 1.165) is 0 Å². The van der Waals surface area contributed by atoms with Crippen molar-refractivity contribution in [3.8, 4) is 59.6 Å². The van der Waals surface area contributed by atoms with Gasteiger partial charge in [0.1, 0.15) is 36.9 Å². The Morgan fingerprint density at radius 3 is 1.40 bits per heavy atom. The standard InChI is InChI=1S/C20H18O13S2/c1-3-27-17-7-5-15(13-19(17)29-9-11-31-34(21,22)23)33-16-6-8-18(28-4-2)20(14-16)30-10-12-32-35(24,25)26/h1-2,5-8,13-14H,9-12H2,(H,21,22,23)(H,24,25,26)/p-2. The summed E-state index contributed by atoms with van der Waals surface area (Å²) >= 11 is 0. The molecule has 0 atom stereocenters. The highest BCUT2D eigenvalue weighted by Crippen LogP contribution is 2.37. The summed E-state index contributed by atoms with van der Waals surface area (Å²) in [7, 11) is -9.76. The summed E-state index contributed by atoms with van der Waals surface area (Å²) in [6.45, 7) is -1.77. The third-order valence-corrected chi connectivity index (χ3v) is 4.45. The molecule has 0 saturated carbocycles. The lowest BCUT2D eigenvalue weighted by Gasteiger charge is -2.14. The van der Waals surface area contributed by atoms with Gasteiger partial charge in [-0.3, -0.25) is 8.37 Å². The van der Waals surface area contributed by atoms with Crippen molar-refractivity contribution in [1.82, 2.24) is 0 Å². The summed E-state index contributed by atoms with van der Waals surface area (Å²) in [5, 5.41) is 0. The van der Waals surface area contributed by atoms with Crippen molar-refractivity contribution in [1.29, 1.82) is 0 Å². The monoisotopic (exact) mass is 528 g/mol. The van der Waals surface area contributed by atoms with Gasteiger partial charge in [0.15, 0.2) is 23.0 Å². The van der Waals surface area contributed by atoms with E-state index in [2.05, 4.69) is 8.37 Å². The molecule has 0 fully saturated rings. The number of hydrogen-bond donors (Lipinski definition) is 0. The Hall–Kier alpha value is -3.70. The first-order chi connectivity index (χ1) is 16.5. The maximum absolute atomic E-state index is 10.5. The van der Waals surface area contributed by atoms with E-state index in [1.165, 1.54) is 36.4 Å². The Balaban J connectivity index is 2.16. The maximum Gasteiger partial charge on any atom is 0.217 e. The largest absolute Gasteiger partial charge is 0.726 e. The predicted molar refractivity (Wildman–Crippen MR) is 114 cm³/mol. The molecule has 35 heavy (non-hydrogen) atoms. The molecule has 0 unspecified atom stereocenters. The third-order valence-electron chi connectivity index (χ3n) is 3.54. The number of terminal acetylenes is 2. The fourth-order valence-corrected chi connectivity index (χ4v) is 2.88. The lowest BCUT2D eigenvalue weighted by molar-refractivity contribution is 0.196. The predicted octanol–water partition coefficient (Wildman–Crippen LogP) is 1.13. The van der Waals surface area contributed by atoms with Crippen LogP contribution in [0.5, 0.6) is 34.5 Å². The molecule has 0 spiro atoms. The van der Waals surface area contributed by atoms with Crippen molar-refractivity contribution in [2.24, 2.45) is 0 Å². The van der Waals surface area contributed by atoms with E-state index in [-0.39, 0.29) is 47.7 Å². The SMILES string of the molecule is C#COc1ccc(Oc2ccc(OC#C)c(OCCOS(=O)(=O)[O-])c2)cc1OCCOS(=O)(=O)[O-]. The van der Waals surface area contributed by atoms with Crippen LogP contribution >= 0.6 is 0 Å². The molecule has 0 aliphatic rings. The van der Waals surface area contributed by atoms with Gasteiger partial charge in [-0.15, -0.1) is 0 Å². The van der Waals surface area contributed by atoms with E-state index in [4.69, 9.17) is 36.5 Å². The van der Waals surface area contributed by atoms with Gasteiger partial charge in [0.05, 0.1) is 13.2 Å². The highest BCUT2D eigenvalue weighted by molar-refractivity contribution is 7.81. The molecular formula is C20H16O13S2-2. The van der Waals surface area contributed by atoms with Crippen LogP contribution in [0.25, 0.3) is 0 Å². The average Bonchev–Trinajstić information content (AvgIpc) is 2.76. The topological polar surface area (TPSA) is 179 Å². The van der Waals surface area contributed by atoms with Crippen molar-refractivity contribution in [3.63, 3.8) is 0 Å². The quantitative estimate of drug-likeness (QED) is 0.147. The van der Waals surface area contributed by atoms with Crippen LogP contribution in [-0.4, -0.2) is 52.4 Å². The first-order valence-corrected chi connectivity index (χ1v) is 11.8. The molecule has 2 aromatic carbocycles. The lowest BCUT2D eigenvalue weighted by atomic mass is 10.2. The Morgan fingerprint density at radius 1 is 0.657 bits per heavy atom. The highest BCUT2D eigenvalue weighted by atomic mass is 32.3. The lowest BCUT2D eigenvalue weighted by Crippen LogP contribution is -2.12. The number of benzene rings is 2. The van der Waals surface area contributed by atoms with Crippen LogP contribution in [-0.2, 0) is 29.2 Å². The van der Waals surface area contributed by atoms with E-state index >= 15 is 0 Å². The molecule has 0 amide bonds. The fraction of sp³-hybridized carbons (Fsp3) is 0.200. The van der Waals surface area contributed by atoms with Crippen molar-refractivity contribution in [2.45, 2.75) is 0 Å². The van der Waals surface area contributed by atoms with Crippen LogP contribution in [0.3, 0.4) is 0 Å². The molecule has 0 N–H and O–H groups in total. The van der Waals surface area contributed by atoms with E-state index in [9.17, 15) is 25.9 Å². The summed E-state index contributed by atoms with van der Waals surface area (Å²) in [5.41, 5.74) is 0. The molecule has 0 aliphatic carbocycles. The zero-order chi connectivity index (χ0) is 25.9. The number of hydrogen-bond acceptors (Lipinski definition) is 13. The fourth-order valence-electron chi connectivity index (χ4n) is 2.34. The van der Waals surface area contributed by atoms with Gasteiger partial charge in [-0.1, -0.05) is 12.8 Å². The van der Waals surface area contributed by atoms with Gasteiger partial charge >= 0.3 is 0 Å². The summed E-state index contributed by atoms with van der Waals surface area (Å²) in [4.78, 5) is 0. The third kappa shape index (κ3) is 10.4. The molecule has 0 aromatic heterocycles. The van der Waals surface area contributed by atoms with E-state index in [0.29, 0.717) is 0 Å². The minimum Gasteiger partial charge on any atom is -0.726 e. The zero-order valence-corrected chi connectivity index (χ0v) is 19.2. The van der Waals surface area contributed by atoms with Gasteiger partial charge in [0, 0.05) is 12.1 Å². The molecule has 188 valence electrons. The Labute approximate surface area is 201 Å². The van der Waals surface area contributed by atoms with Crippen LogP contribution in [0.1, 0.15) is 0 Å². The van der Waals surface area contributed by atoms with Crippen LogP contribution in [0.4, 0.5) is 0 Å². The maximum atomic E-state index is 10.5. The summed E-state index contributed by atoms with van der Waals surface area (Å²) < 4.78 is 97.5. The summed E-state index contributed by atoms with van der Waals surface area (Å²) in [6, 6.07) is 8.47. The Kier molecular flexibility index (Phi) is 9.98. The molecule has 0 saturated heterocycles. The van der Waals surface area contributed by atoms with E-state index in [1.54, 1.807) is 0 Å². The summed E-state index contributed by atoms with van der Waals surface area (Å²) in [6.07, 6.45) is 14.2. The number of ether oxygens (including phenoxy) is 5. The number of rotatable bonds is 14. The molecule has 13 nitrogen and oxygen atoms in total. The minimum atomic E-state index is -4.88. The second-order valence-electron chi connectivity index (χ2n) is 5.92. The first-order valence-electron chi connectivity index (χ1n) is 9.17. The Bertz CT molecular complexity index is 1200. The molecule has 2 aromatic rings. The molecule has 15 heteroatoms.